The maximum atomic E-state index is 12.2. The van der Waals surface area contributed by atoms with Crippen molar-refractivity contribution >= 4 is 21.7 Å². The van der Waals surface area contributed by atoms with Crippen molar-refractivity contribution in [1.29, 1.82) is 5.26 Å². The summed E-state index contributed by atoms with van der Waals surface area (Å²) in [7, 11) is -3.62. The molecule has 1 aliphatic heterocycles. The Balaban J connectivity index is 1.51. The van der Waals surface area contributed by atoms with Crippen LogP contribution in [0.2, 0.25) is 0 Å². The van der Waals surface area contributed by atoms with Gasteiger partial charge in [0.05, 0.1) is 29.7 Å². The second kappa shape index (κ2) is 8.77. The fourth-order valence-electron chi connectivity index (χ4n) is 2.58. The van der Waals surface area contributed by atoms with E-state index in [0.29, 0.717) is 31.1 Å². The molecule has 1 fully saturated rings. The fourth-order valence-corrected chi connectivity index (χ4v) is 3.61. The smallest absolute Gasteiger partial charge is 0.240 e. The molecule has 0 atom stereocenters. The molecular weight excluding hydrogens is 368 g/mol. The van der Waals surface area contributed by atoms with Crippen LogP contribution >= 0.6 is 0 Å². The van der Waals surface area contributed by atoms with Crippen LogP contribution in [0.25, 0.3) is 0 Å². The molecule has 0 saturated carbocycles. The number of benzene rings is 1. The molecule has 1 aromatic carbocycles. The number of nitriles is 1. The average molecular weight is 388 g/mol. The molecule has 27 heavy (non-hydrogen) atoms. The number of aromatic nitrogens is 2. The van der Waals surface area contributed by atoms with Gasteiger partial charge in [0, 0.05) is 32.2 Å². The van der Waals surface area contributed by atoms with Crippen LogP contribution in [0.4, 0.5) is 11.6 Å². The molecule has 0 amide bonds. The lowest BCUT2D eigenvalue weighted by Crippen LogP contribution is -2.36. The molecule has 10 heteroatoms. The van der Waals surface area contributed by atoms with Crippen molar-refractivity contribution in [3.63, 3.8) is 0 Å². The van der Waals surface area contributed by atoms with Gasteiger partial charge >= 0.3 is 0 Å². The topological polar surface area (TPSA) is 120 Å². The van der Waals surface area contributed by atoms with Crippen molar-refractivity contribution in [2.24, 2.45) is 0 Å². The van der Waals surface area contributed by atoms with E-state index >= 15 is 0 Å². The zero-order chi connectivity index (χ0) is 19.1. The first-order chi connectivity index (χ1) is 13.1. The summed E-state index contributed by atoms with van der Waals surface area (Å²) in [4.78, 5) is 10.7. The number of morpholine rings is 1. The van der Waals surface area contributed by atoms with E-state index in [1.807, 2.05) is 12.1 Å². The standard InChI is InChI=1S/C17H20N6O3S/c18-12-14-1-3-15(4-2-14)27(24,25)22-6-5-19-16-11-17(21-13-20-16)23-7-9-26-10-8-23/h1-4,11,13,22H,5-10H2,(H,19,20,21). The Bertz CT molecular complexity index is 905. The zero-order valence-corrected chi connectivity index (χ0v) is 15.4. The van der Waals surface area contributed by atoms with Crippen LogP contribution in [0.15, 0.2) is 41.6 Å². The molecule has 1 aliphatic rings. The Morgan fingerprint density at radius 1 is 1.15 bits per heavy atom. The number of hydrogen-bond donors (Lipinski definition) is 2. The predicted molar refractivity (Wildman–Crippen MR) is 99.9 cm³/mol. The summed E-state index contributed by atoms with van der Waals surface area (Å²) in [5, 5.41) is 11.9. The zero-order valence-electron chi connectivity index (χ0n) is 14.6. The van der Waals surface area contributed by atoms with Gasteiger partial charge in [0.15, 0.2) is 0 Å². The average Bonchev–Trinajstić information content (AvgIpc) is 2.72. The number of nitrogens with one attached hydrogen (secondary N) is 2. The molecular formula is C17H20N6O3S. The van der Waals surface area contributed by atoms with Gasteiger partial charge in [-0.05, 0) is 24.3 Å². The van der Waals surface area contributed by atoms with Gasteiger partial charge < -0.3 is 15.0 Å². The molecule has 0 unspecified atom stereocenters. The Kier molecular flexibility index (Phi) is 6.18. The number of hydrogen-bond acceptors (Lipinski definition) is 8. The Labute approximate surface area is 158 Å². The fraction of sp³-hybridized carbons (Fsp3) is 0.353. The summed E-state index contributed by atoms with van der Waals surface area (Å²) in [6.07, 6.45) is 1.48. The number of rotatable bonds is 7. The lowest BCUT2D eigenvalue weighted by atomic mass is 10.2. The van der Waals surface area contributed by atoms with Crippen molar-refractivity contribution in [3.05, 3.63) is 42.2 Å². The van der Waals surface area contributed by atoms with Gasteiger partial charge in [0.1, 0.15) is 18.0 Å². The lowest BCUT2D eigenvalue weighted by molar-refractivity contribution is 0.122. The molecule has 2 N–H and O–H groups in total. The molecule has 2 aromatic rings. The Morgan fingerprint density at radius 3 is 2.59 bits per heavy atom. The third-order valence-electron chi connectivity index (χ3n) is 4.00. The van der Waals surface area contributed by atoms with Crippen LogP contribution < -0.4 is 14.9 Å². The monoisotopic (exact) mass is 388 g/mol. The number of sulfonamides is 1. The molecule has 2 heterocycles. The molecule has 0 bridgehead atoms. The van der Waals surface area contributed by atoms with E-state index in [1.165, 1.54) is 30.6 Å². The number of ether oxygens (including phenoxy) is 1. The molecule has 1 aromatic heterocycles. The Morgan fingerprint density at radius 2 is 1.89 bits per heavy atom. The molecule has 0 radical (unpaired) electrons. The number of anilines is 2. The second-order valence-electron chi connectivity index (χ2n) is 5.82. The van der Waals surface area contributed by atoms with Gasteiger partial charge in [0.25, 0.3) is 0 Å². The first-order valence-corrected chi connectivity index (χ1v) is 9.95. The van der Waals surface area contributed by atoms with Crippen molar-refractivity contribution in [1.82, 2.24) is 14.7 Å². The highest BCUT2D eigenvalue weighted by molar-refractivity contribution is 7.89. The normalized spacial score (nSPS) is 14.6. The van der Waals surface area contributed by atoms with Gasteiger partial charge in [-0.15, -0.1) is 0 Å². The van der Waals surface area contributed by atoms with Crippen LogP contribution in [0.3, 0.4) is 0 Å². The van der Waals surface area contributed by atoms with Gasteiger partial charge in [-0.2, -0.15) is 5.26 Å². The minimum absolute atomic E-state index is 0.123. The first-order valence-electron chi connectivity index (χ1n) is 8.47. The molecule has 9 nitrogen and oxygen atoms in total. The molecule has 142 valence electrons. The first kappa shape index (κ1) is 19.0. The van der Waals surface area contributed by atoms with Gasteiger partial charge in [-0.1, -0.05) is 0 Å². The summed E-state index contributed by atoms with van der Waals surface area (Å²) in [5.41, 5.74) is 0.412. The van der Waals surface area contributed by atoms with Gasteiger partial charge in [-0.3, -0.25) is 0 Å². The van der Waals surface area contributed by atoms with Crippen LogP contribution in [-0.2, 0) is 14.8 Å². The van der Waals surface area contributed by atoms with Gasteiger partial charge in [-0.25, -0.2) is 23.1 Å². The van der Waals surface area contributed by atoms with Crippen LogP contribution in [0.5, 0.6) is 0 Å². The van der Waals surface area contributed by atoms with E-state index < -0.39 is 10.0 Å². The summed E-state index contributed by atoms with van der Waals surface area (Å²) in [6.45, 7) is 3.46. The third kappa shape index (κ3) is 5.13. The van der Waals surface area contributed by atoms with Crippen LogP contribution in [0.1, 0.15) is 5.56 Å². The summed E-state index contributed by atoms with van der Waals surface area (Å²) < 4.78 is 32.3. The van der Waals surface area contributed by atoms with E-state index in [4.69, 9.17) is 10.00 Å². The van der Waals surface area contributed by atoms with E-state index in [-0.39, 0.29) is 11.4 Å². The van der Waals surface area contributed by atoms with Crippen molar-refractivity contribution < 1.29 is 13.2 Å². The Hall–Kier alpha value is -2.74. The largest absolute Gasteiger partial charge is 0.378 e. The molecule has 0 aliphatic carbocycles. The second-order valence-corrected chi connectivity index (χ2v) is 7.59. The minimum atomic E-state index is -3.62. The molecule has 3 rings (SSSR count). The van der Waals surface area contributed by atoms with E-state index in [2.05, 4.69) is 24.9 Å². The molecule has 0 spiro atoms. The highest BCUT2D eigenvalue weighted by Crippen LogP contribution is 2.15. The highest BCUT2D eigenvalue weighted by Gasteiger charge is 2.14. The highest BCUT2D eigenvalue weighted by atomic mass is 32.2. The van der Waals surface area contributed by atoms with Crippen molar-refractivity contribution in [3.8, 4) is 6.07 Å². The van der Waals surface area contributed by atoms with E-state index in [0.717, 1.165) is 18.9 Å². The lowest BCUT2D eigenvalue weighted by Gasteiger charge is -2.27. The summed E-state index contributed by atoms with van der Waals surface area (Å²) in [6, 6.07) is 9.56. The predicted octanol–water partition coefficient (Wildman–Crippen LogP) is 0.575. The maximum absolute atomic E-state index is 12.2. The van der Waals surface area contributed by atoms with E-state index in [1.54, 1.807) is 0 Å². The SMILES string of the molecule is N#Cc1ccc(S(=O)(=O)NCCNc2cc(N3CCOCC3)ncn2)cc1. The van der Waals surface area contributed by atoms with Gasteiger partial charge in [0.2, 0.25) is 10.0 Å². The quantitative estimate of drug-likeness (QED) is 0.661. The number of nitrogens with zero attached hydrogens (tertiary/aromatic N) is 4. The van der Waals surface area contributed by atoms with Crippen molar-refractivity contribution in [2.45, 2.75) is 4.90 Å². The third-order valence-corrected chi connectivity index (χ3v) is 5.48. The maximum Gasteiger partial charge on any atom is 0.240 e. The summed E-state index contributed by atoms with van der Waals surface area (Å²) in [5.74, 6) is 1.44. The minimum Gasteiger partial charge on any atom is -0.378 e. The summed E-state index contributed by atoms with van der Waals surface area (Å²) >= 11 is 0. The van der Waals surface area contributed by atoms with Crippen molar-refractivity contribution in [2.75, 3.05) is 49.6 Å². The van der Waals surface area contributed by atoms with E-state index in [9.17, 15) is 8.42 Å². The van der Waals surface area contributed by atoms with Crippen LogP contribution in [0, 0.1) is 11.3 Å². The molecule has 1 saturated heterocycles. The van der Waals surface area contributed by atoms with Crippen LogP contribution in [-0.4, -0.2) is 57.8 Å².